The number of benzene rings is 2. The van der Waals surface area contributed by atoms with E-state index in [-0.39, 0.29) is 35.0 Å². The van der Waals surface area contributed by atoms with Gasteiger partial charge in [0.05, 0.1) is 5.39 Å². The van der Waals surface area contributed by atoms with E-state index in [9.17, 15) is 9.59 Å². The Hall–Kier alpha value is -3.74. The number of carbonyl (C=O) groups is 1. The van der Waals surface area contributed by atoms with Crippen LogP contribution in [-0.2, 0) is 11.3 Å². The van der Waals surface area contributed by atoms with Crippen molar-refractivity contribution in [3.8, 4) is 11.3 Å². The lowest BCUT2D eigenvalue weighted by molar-refractivity contribution is 0.0431. The van der Waals surface area contributed by atoms with Gasteiger partial charge in [0, 0.05) is 17.0 Å². The minimum atomic E-state index is -0.643. The second kappa shape index (κ2) is 7.94. The molecule has 0 fully saturated rings. The number of carbonyl (C=O) groups excluding carboxylic acids is 1. The zero-order valence-corrected chi connectivity index (χ0v) is 16.8. The minimum absolute atomic E-state index is 0.102. The summed E-state index contributed by atoms with van der Waals surface area (Å²) in [4.78, 5) is 29.8. The molecular weight excluding hydrogens is 384 g/mol. The van der Waals surface area contributed by atoms with E-state index in [0.717, 1.165) is 5.56 Å². The van der Waals surface area contributed by atoms with E-state index in [2.05, 4.69) is 10.1 Å². The Balaban J connectivity index is 1.70. The van der Waals surface area contributed by atoms with Gasteiger partial charge in [-0.05, 0) is 19.1 Å². The van der Waals surface area contributed by atoms with Crippen molar-refractivity contribution in [2.75, 3.05) is 0 Å². The molecule has 2 heterocycles. The zero-order valence-electron chi connectivity index (χ0n) is 16.8. The average molecular weight is 404 g/mol. The SMILES string of the molecule is Cc1c(-c2ccccc2)oc2c(C(=O)OCc3nc(C(C)C)no3)cccc2c1=O. The molecule has 0 radical (unpaired) electrons. The maximum Gasteiger partial charge on any atom is 0.342 e. The van der Waals surface area contributed by atoms with Gasteiger partial charge in [-0.2, -0.15) is 4.98 Å². The van der Waals surface area contributed by atoms with E-state index in [0.29, 0.717) is 22.5 Å². The first-order chi connectivity index (χ1) is 14.5. The minimum Gasteiger partial charge on any atom is -0.455 e. The van der Waals surface area contributed by atoms with E-state index < -0.39 is 5.97 Å². The molecule has 0 aliphatic rings. The van der Waals surface area contributed by atoms with E-state index in [1.165, 1.54) is 0 Å². The van der Waals surface area contributed by atoms with Crippen LogP contribution in [0.2, 0.25) is 0 Å². The van der Waals surface area contributed by atoms with Gasteiger partial charge in [-0.1, -0.05) is 55.4 Å². The lowest BCUT2D eigenvalue weighted by Crippen LogP contribution is -2.11. The zero-order chi connectivity index (χ0) is 21.3. The Morgan fingerprint density at radius 3 is 2.57 bits per heavy atom. The lowest BCUT2D eigenvalue weighted by Gasteiger charge is -2.10. The quantitative estimate of drug-likeness (QED) is 0.447. The van der Waals surface area contributed by atoms with Gasteiger partial charge in [0.15, 0.2) is 23.4 Å². The Morgan fingerprint density at radius 2 is 1.87 bits per heavy atom. The van der Waals surface area contributed by atoms with Crippen molar-refractivity contribution >= 4 is 16.9 Å². The normalized spacial score (nSPS) is 11.2. The average Bonchev–Trinajstić information content (AvgIpc) is 3.24. The van der Waals surface area contributed by atoms with Crippen molar-refractivity contribution < 1.29 is 18.5 Å². The highest BCUT2D eigenvalue weighted by molar-refractivity contribution is 6.02. The Bertz CT molecular complexity index is 1270. The molecule has 2 aromatic carbocycles. The molecular formula is C23H20N2O5. The molecule has 0 saturated carbocycles. The molecule has 30 heavy (non-hydrogen) atoms. The fraction of sp³-hybridized carbons (Fsp3) is 0.217. The van der Waals surface area contributed by atoms with Crippen LogP contribution in [0.4, 0.5) is 0 Å². The first-order valence-corrected chi connectivity index (χ1v) is 9.57. The highest BCUT2D eigenvalue weighted by Crippen LogP contribution is 2.27. The first kappa shape index (κ1) is 19.6. The standard InChI is InChI=1S/C23H20N2O5/c1-13(2)22-24-18(30-25-22)12-28-23(27)17-11-7-10-16-19(26)14(3)20(29-21(16)17)15-8-5-4-6-9-15/h4-11,13H,12H2,1-3H3. The van der Waals surface area contributed by atoms with Gasteiger partial charge in [-0.3, -0.25) is 4.79 Å². The molecule has 0 saturated heterocycles. The highest BCUT2D eigenvalue weighted by Gasteiger charge is 2.20. The van der Waals surface area contributed by atoms with Crippen molar-refractivity contribution in [1.82, 2.24) is 10.1 Å². The lowest BCUT2D eigenvalue weighted by atomic mass is 10.0. The van der Waals surface area contributed by atoms with E-state index in [1.54, 1.807) is 25.1 Å². The predicted octanol–water partition coefficient (Wildman–Crippen LogP) is 4.63. The number of aromatic nitrogens is 2. The monoisotopic (exact) mass is 404 g/mol. The number of esters is 1. The van der Waals surface area contributed by atoms with Crippen molar-refractivity contribution in [1.29, 1.82) is 0 Å². The number of ether oxygens (including phenoxy) is 1. The summed E-state index contributed by atoms with van der Waals surface area (Å²) >= 11 is 0. The van der Waals surface area contributed by atoms with Gasteiger partial charge >= 0.3 is 5.97 Å². The molecule has 7 heteroatoms. The molecule has 0 spiro atoms. The van der Waals surface area contributed by atoms with Crippen LogP contribution >= 0.6 is 0 Å². The molecule has 0 amide bonds. The maximum absolute atomic E-state index is 12.9. The summed E-state index contributed by atoms with van der Waals surface area (Å²) in [7, 11) is 0. The van der Waals surface area contributed by atoms with Crippen LogP contribution in [0.1, 0.15) is 47.4 Å². The van der Waals surface area contributed by atoms with E-state index in [4.69, 9.17) is 13.7 Å². The van der Waals surface area contributed by atoms with Crippen LogP contribution in [0.5, 0.6) is 0 Å². The largest absolute Gasteiger partial charge is 0.455 e. The predicted molar refractivity (Wildman–Crippen MR) is 110 cm³/mol. The third kappa shape index (κ3) is 3.61. The van der Waals surface area contributed by atoms with Crippen molar-refractivity contribution in [3.05, 3.63) is 81.6 Å². The van der Waals surface area contributed by atoms with Gasteiger partial charge in [-0.25, -0.2) is 4.79 Å². The van der Waals surface area contributed by atoms with Crippen LogP contribution in [0.3, 0.4) is 0 Å². The molecule has 4 aromatic rings. The fourth-order valence-electron chi connectivity index (χ4n) is 3.10. The van der Waals surface area contributed by atoms with E-state index >= 15 is 0 Å². The first-order valence-electron chi connectivity index (χ1n) is 9.57. The fourth-order valence-corrected chi connectivity index (χ4v) is 3.10. The molecule has 2 aromatic heterocycles. The Kier molecular flexibility index (Phi) is 5.18. The van der Waals surface area contributed by atoms with Crippen LogP contribution < -0.4 is 5.43 Å². The van der Waals surface area contributed by atoms with Crippen LogP contribution in [0.25, 0.3) is 22.3 Å². The van der Waals surface area contributed by atoms with E-state index in [1.807, 2.05) is 44.2 Å². The Morgan fingerprint density at radius 1 is 1.10 bits per heavy atom. The number of fused-ring (bicyclic) bond motifs is 1. The number of rotatable bonds is 5. The summed E-state index contributed by atoms with van der Waals surface area (Å²) in [5, 5.41) is 4.17. The molecule has 152 valence electrons. The van der Waals surface area contributed by atoms with Gasteiger partial charge < -0.3 is 13.7 Å². The van der Waals surface area contributed by atoms with Crippen molar-refractivity contribution in [3.63, 3.8) is 0 Å². The summed E-state index contributed by atoms with van der Waals surface area (Å²) in [6, 6.07) is 14.1. The van der Waals surface area contributed by atoms with Gasteiger partial charge in [0.1, 0.15) is 11.3 Å². The summed E-state index contributed by atoms with van der Waals surface area (Å²) < 4.78 is 16.5. The molecule has 7 nitrogen and oxygen atoms in total. The summed E-state index contributed by atoms with van der Waals surface area (Å²) in [6.45, 7) is 5.41. The molecule has 0 N–H and O–H groups in total. The number of hydrogen-bond acceptors (Lipinski definition) is 7. The Labute approximate surface area is 172 Å². The van der Waals surface area contributed by atoms with Crippen molar-refractivity contribution in [2.45, 2.75) is 33.3 Å². The molecule has 0 aliphatic heterocycles. The third-order valence-electron chi connectivity index (χ3n) is 4.73. The number of nitrogens with zero attached hydrogens (tertiary/aromatic N) is 2. The second-order valence-corrected chi connectivity index (χ2v) is 7.21. The molecule has 0 bridgehead atoms. The number of hydrogen-bond donors (Lipinski definition) is 0. The maximum atomic E-state index is 12.9. The van der Waals surface area contributed by atoms with Crippen LogP contribution in [0, 0.1) is 6.92 Å². The van der Waals surface area contributed by atoms with Crippen molar-refractivity contribution in [2.24, 2.45) is 0 Å². The molecule has 0 aliphatic carbocycles. The highest BCUT2D eigenvalue weighted by atomic mass is 16.6. The third-order valence-corrected chi connectivity index (χ3v) is 4.73. The number of para-hydroxylation sites is 1. The molecule has 4 rings (SSSR count). The van der Waals surface area contributed by atoms with Gasteiger partial charge in [0.2, 0.25) is 0 Å². The topological polar surface area (TPSA) is 95.4 Å². The van der Waals surface area contributed by atoms with Crippen LogP contribution in [-0.4, -0.2) is 16.1 Å². The summed E-state index contributed by atoms with van der Waals surface area (Å²) in [5.41, 5.74) is 1.38. The second-order valence-electron chi connectivity index (χ2n) is 7.21. The summed E-state index contributed by atoms with van der Waals surface area (Å²) in [5.74, 6) is 0.627. The van der Waals surface area contributed by atoms with Crippen LogP contribution in [0.15, 0.2) is 62.3 Å². The molecule has 0 unspecified atom stereocenters. The molecule has 0 atom stereocenters. The smallest absolute Gasteiger partial charge is 0.342 e. The van der Waals surface area contributed by atoms with Gasteiger partial charge in [0.25, 0.3) is 5.89 Å². The van der Waals surface area contributed by atoms with Gasteiger partial charge in [-0.15, -0.1) is 0 Å². The summed E-state index contributed by atoms with van der Waals surface area (Å²) in [6.07, 6.45) is 0.